The van der Waals surface area contributed by atoms with E-state index in [1.165, 1.54) is 6.07 Å². The zero-order valence-electron chi connectivity index (χ0n) is 12.7. The van der Waals surface area contributed by atoms with E-state index in [9.17, 15) is 9.59 Å². The van der Waals surface area contributed by atoms with E-state index >= 15 is 0 Å². The summed E-state index contributed by atoms with van der Waals surface area (Å²) in [6, 6.07) is 3.08. The summed E-state index contributed by atoms with van der Waals surface area (Å²) in [5, 5.41) is 17.4. The van der Waals surface area contributed by atoms with Gasteiger partial charge in [-0.15, -0.1) is 6.42 Å². The third-order valence-corrected chi connectivity index (χ3v) is 2.75. The van der Waals surface area contributed by atoms with E-state index < -0.39 is 25.2 Å². The molecule has 0 radical (unpaired) electrons. The highest BCUT2D eigenvalue weighted by atomic mass is 16.5. The van der Waals surface area contributed by atoms with Crippen LogP contribution in [0.1, 0.15) is 31.9 Å². The lowest BCUT2D eigenvalue weighted by atomic mass is 9.85. The van der Waals surface area contributed by atoms with Crippen molar-refractivity contribution in [3.63, 3.8) is 0 Å². The van der Waals surface area contributed by atoms with E-state index in [-0.39, 0.29) is 11.2 Å². The molecule has 0 unspecified atom stereocenters. The fourth-order valence-corrected chi connectivity index (χ4v) is 1.78. The van der Waals surface area contributed by atoms with Gasteiger partial charge in [0, 0.05) is 5.56 Å². The van der Waals surface area contributed by atoms with Crippen LogP contribution in [0.15, 0.2) is 12.1 Å². The van der Waals surface area contributed by atoms with Crippen LogP contribution in [0.4, 0.5) is 0 Å². The van der Waals surface area contributed by atoms with E-state index in [0.29, 0.717) is 16.9 Å². The first-order valence-electron chi connectivity index (χ1n) is 6.49. The first-order chi connectivity index (χ1) is 10.1. The summed E-state index contributed by atoms with van der Waals surface area (Å²) in [4.78, 5) is 21.3. The lowest BCUT2D eigenvalue weighted by Crippen LogP contribution is -2.18. The summed E-state index contributed by atoms with van der Waals surface area (Å²) in [5.74, 6) is 0.744. The van der Waals surface area contributed by atoms with Crippen molar-refractivity contribution >= 4 is 11.9 Å². The Balaban J connectivity index is 3.29. The minimum atomic E-state index is -1.12. The maximum atomic E-state index is 10.7. The first kappa shape index (κ1) is 17.4. The zero-order chi connectivity index (χ0) is 16.9. The second kappa shape index (κ2) is 6.85. The average molecular weight is 306 g/mol. The van der Waals surface area contributed by atoms with Gasteiger partial charge >= 0.3 is 11.9 Å². The van der Waals surface area contributed by atoms with E-state index in [4.69, 9.17) is 26.1 Å². The summed E-state index contributed by atoms with van der Waals surface area (Å²) < 4.78 is 10.5. The summed E-state index contributed by atoms with van der Waals surface area (Å²) in [7, 11) is 0. The summed E-state index contributed by atoms with van der Waals surface area (Å²) in [6.07, 6.45) is 5.39. The maximum Gasteiger partial charge on any atom is 0.341 e. The number of carboxylic acids is 2. The normalized spacial score (nSPS) is 10.6. The Morgan fingerprint density at radius 3 is 2.00 bits per heavy atom. The lowest BCUT2D eigenvalue weighted by molar-refractivity contribution is -0.140. The molecule has 0 saturated carbocycles. The predicted octanol–water partition coefficient (Wildman–Crippen LogP) is 1.89. The SMILES string of the molecule is C#Cc1cc(OCC(=O)O)c(C(C)(C)C)cc1OCC(=O)O. The van der Waals surface area contributed by atoms with Crippen LogP contribution in [0.2, 0.25) is 0 Å². The number of rotatable bonds is 6. The third-order valence-electron chi connectivity index (χ3n) is 2.75. The summed E-state index contributed by atoms with van der Waals surface area (Å²) >= 11 is 0. The van der Waals surface area contributed by atoms with Gasteiger partial charge in [-0.1, -0.05) is 26.7 Å². The van der Waals surface area contributed by atoms with Crippen LogP contribution in [0.3, 0.4) is 0 Å². The molecule has 0 saturated heterocycles. The van der Waals surface area contributed by atoms with E-state index in [1.807, 2.05) is 20.8 Å². The fraction of sp³-hybridized carbons (Fsp3) is 0.375. The van der Waals surface area contributed by atoms with Crippen molar-refractivity contribution < 1.29 is 29.3 Å². The van der Waals surface area contributed by atoms with Gasteiger partial charge in [0.1, 0.15) is 11.5 Å². The molecule has 0 fully saturated rings. The molecule has 0 spiro atoms. The van der Waals surface area contributed by atoms with Crippen LogP contribution in [0.25, 0.3) is 0 Å². The quantitative estimate of drug-likeness (QED) is 0.780. The van der Waals surface area contributed by atoms with Gasteiger partial charge < -0.3 is 19.7 Å². The molecule has 6 heteroatoms. The summed E-state index contributed by atoms with van der Waals surface area (Å²) in [6.45, 7) is 4.71. The van der Waals surface area contributed by atoms with Gasteiger partial charge in [0.25, 0.3) is 0 Å². The molecule has 118 valence electrons. The van der Waals surface area contributed by atoms with Gasteiger partial charge in [0.2, 0.25) is 0 Å². The van der Waals surface area contributed by atoms with Crippen molar-refractivity contribution in [2.24, 2.45) is 0 Å². The number of aliphatic carboxylic acids is 2. The minimum Gasteiger partial charge on any atom is -0.482 e. The molecule has 0 bridgehead atoms. The molecule has 0 heterocycles. The standard InChI is InChI=1S/C16H18O6/c1-5-10-6-13(22-9-15(19)20)11(16(2,3)4)7-12(10)21-8-14(17)18/h1,6-7H,8-9H2,2-4H3,(H,17,18)(H,19,20). The molecule has 0 aliphatic heterocycles. The topological polar surface area (TPSA) is 93.1 Å². The highest BCUT2D eigenvalue weighted by Crippen LogP contribution is 2.36. The molecule has 1 aromatic carbocycles. The number of benzene rings is 1. The largest absolute Gasteiger partial charge is 0.482 e. The highest BCUT2D eigenvalue weighted by molar-refractivity contribution is 5.69. The van der Waals surface area contributed by atoms with Crippen molar-refractivity contribution in [1.82, 2.24) is 0 Å². The number of carboxylic acid groups (broad SMARTS) is 2. The van der Waals surface area contributed by atoms with Crippen molar-refractivity contribution in [3.8, 4) is 23.8 Å². The van der Waals surface area contributed by atoms with E-state index in [2.05, 4.69) is 5.92 Å². The van der Waals surface area contributed by atoms with Gasteiger partial charge in [0.15, 0.2) is 13.2 Å². The predicted molar refractivity (Wildman–Crippen MR) is 79.3 cm³/mol. The van der Waals surface area contributed by atoms with Crippen LogP contribution < -0.4 is 9.47 Å². The van der Waals surface area contributed by atoms with Gasteiger partial charge in [-0.05, 0) is 17.5 Å². The Bertz CT molecular complexity index is 619. The maximum absolute atomic E-state index is 10.7. The van der Waals surface area contributed by atoms with Crippen molar-refractivity contribution in [2.75, 3.05) is 13.2 Å². The number of ether oxygens (including phenoxy) is 2. The molecular weight excluding hydrogens is 288 g/mol. The molecule has 0 aromatic heterocycles. The Labute approximate surface area is 128 Å². The Hall–Kier alpha value is -2.68. The van der Waals surface area contributed by atoms with Crippen LogP contribution in [-0.4, -0.2) is 35.4 Å². The Kier molecular flexibility index (Phi) is 5.41. The van der Waals surface area contributed by atoms with Crippen molar-refractivity contribution in [3.05, 3.63) is 23.3 Å². The smallest absolute Gasteiger partial charge is 0.341 e. The second-order valence-corrected chi connectivity index (χ2v) is 5.60. The monoisotopic (exact) mass is 306 g/mol. The number of terminal acetylenes is 1. The minimum absolute atomic E-state index is 0.248. The third kappa shape index (κ3) is 4.70. The number of hydrogen-bond acceptors (Lipinski definition) is 4. The lowest BCUT2D eigenvalue weighted by Gasteiger charge is -2.24. The Morgan fingerprint density at radius 1 is 1.09 bits per heavy atom. The average Bonchev–Trinajstić information content (AvgIpc) is 2.41. The number of carbonyl (C=O) groups is 2. The summed E-state index contributed by atoms with van der Waals surface area (Å²) in [5.41, 5.74) is 0.602. The van der Waals surface area contributed by atoms with E-state index in [1.54, 1.807) is 6.07 Å². The molecular formula is C16H18O6. The van der Waals surface area contributed by atoms with Crippen molar-refractivity contribution in [2.45, 2.75) is 26.2 Å². The zero-order valence-corrected chi connectivity index (χ0v) is 12.7. The van der Waals surface area contributed by atoms with Gasteiger partial charge in [-0.2, -0.15) is 0 Å². The number of hydrogen-bond donors (Lipinski definition) is 2. The van der Waals surface area contributed by atoms with Crippen LogP contribution >= 0.6 is 0 Å². The van der Waals surface area contributed by atoms with Crippen LogP contribution in [0, 0.1) is 12.3 Å². The van der Waals surface area contributed by atoms with Gasteiger partial charge in [0.05, 0.1) is 5.56 Å². The molecule has 0 aliphatic rings. The van der Waals surface area contributed by atoms with Crippen LogP contribution in [-0.2, 0) is 15.0 Å². The van der Waals surface area contributed by atoms with E-state index in [0.717, 1.165) is 0 Å². The molecule has 1 aromatic rings. The van der Waals surface area contributed by atoms with Crippen molar-refractivity contribution in [1.29, 1.82) is 0 Å². The molecule has 2 N–H and O–H groups in total. The fourth-order valence-electron chi connectivity index (χ4n) is 1.78. The second-order valence-electron chi connectivity index (χ2n) is 5.60. The van der Waals surface area contributed by atoms with Gasteiger partial charge in [-0.25, -0.2) is 9.59 Å². The van der Waals surface area contributed by atoms with Crippen LogP contribution in [0.5, 0.6) is 11.5 Å². The molecule has 0 aliphatic carbocycles. The Morgan fingerprint density at radius 2 is 1.59 bits per heavy atom. The molecule has 1 rings (SSSR count). The molecule has 22 heavy (non-hydrogen) atoms. The first-order valence-corrected chi connectivity index (χ1v) is 6.49. The molecule has 6 nitrogen and oxygen atoms in total. The molecule has 0 atom stereocenters. The molecule has 0 amide bonds. The van der Waals surface area contributed by atoms with Gasteiger partial charge in [-0.3, -0.25) is 0 Å². The highest BCUT2D eigenvalue weighted by Gasteiger charge is 2.22.